The Balaban J connectivity index is 1.79. The fourth-order valence-electron chi connectivity index (χ4n) is 2.63. The standard InChI is InChI=1S/C20H14F3NO5/c1-9(19(27)24-14-7-6-13(21)16(22)17(14)23)29-20(28)12-8-15(25)10-4-2-3-5-11(10)18(12)26/h2-9,25-26H,1H3,(H,24,27)/t9-/m0/s1. The van der Waals surface area contributed by atoms with Crippen LogP contribution in [0.25, 0.3) is 10.8 Å². The molecule has 0 saturated heterocycles. The van der Waals surface area contributed by atoms with Crippen molar-refractivity contribution in [3.05, 3.63) is 65.5 Å². The first kappa shape index (κ1) is 20.0. The van der Waals surface area contributed by atoms with Crippen LogP contribution < -0.4 is 5.32 Å². The van der Waals surface area contributed by atoms with Crippen molar-refractivity contribution in [2.45, 2.75) is 13.0 Å². The number of benzene rings is 3. The van der Waals surface area contributed by atoms with Crippen molar-refractivity contribution < 1.29 is 37.7 Å². The third-order valence-electron chi connectivity index (χ3n) is 4.16. The Morgan fingerprint density at radius 3 is 2.34 bits per heavy atom. The first-order valence-corrected chi connectivity index (χ1v) is 8.29. The second kappa shape index (κ2) is 7.70. The van der Waals surface area contributed by atoms with Gasteiger partial charge in [-0.3, -0.25) is 4.79 Å². The molecule has 3 N–H and O–H groups in total. The van der Waals surface area contributed by atoms with Crippen LogP contribution in [-0.2, 0) is 9.53 Å². The Morgan fingerprint density at radius 1 is 1.00 bits per heavy atom. The number of aromatic hydroxyl groups is 2. The van der Waals surface area contributed by atoms with Crippen LogP contribution in [-0.4, -0.2) is 28.2 Å². The number of hydrogen-bond donors (Lipinski definition) is 3. The normalized spacial score (nSPS) is 11.9. The van der Waals surface area contributed by atoms with E-state index in [0.717, 1.165) is 19.1 Å². The molecule has 0 saturated carbocycles. The molecule has 3 aromatic carbocycles. The summed E-state index contributed by atoms with van der Waals surface area (Å²) in [4.78, 5) is 24.4. The molecular weight excluding hydrogens is 391 g/mol. The minimum atomic E-state index is -1.76. The SMILES string of the molecule is C[C@H](OC(=O)c1cc(O)c2ccccc2c1O)C(=O)Nc1ccc(F)c(F)c1F. The van der Waals surface area contributed by atoms with Crippen LogP contribution in [0.3, 0.4) is 0 Å². The number of rotatable bonds is 4. The quantitative estimate of drug-likeness (QED) is 0.348. The fourth-order valence-corrected chi connectivity index (χ4v) is 2.63. The van der Waals surface area contributed by atoms with Gasteiger partial charge in [0.2, 0.25) is 0 Å². The summed E-state index contributed by atoms with van der Waals surface area (Å²) < 4.78 is 44.8. The monoisotopic (exact) mass is 405 g/mol. The molecule has 0 unspecified atom stereocenters. The lowest BCUT2D eigenvalue weighted by Crippen LogP contribution is -2.30. The molecule has 3 aromatic rings. The van der Waals surface area contributed by atoms with Crippen LogP contribution in [0.15, 0.2) is 42.5 Å². The number of hydrogen-bond acceptors (Lipinski definition) is 5. The van der Waals surface area contributed by atoms with Crippen molar-refractivity contribution in [3.63, 3.8) is 0 Å². The number of esters is 1. The van der Waals surface area contributed by atoms with E-state index in [2.05, 4.69) is 0 Å². The average molecular weight is 405 g/mol. The van der Waals surface area contributed by atoms with E-state index in [1.165, 1.54) is 12.1 Å². The number of fused-ring (bicyclic) bond motifs is 1. The maximum Gasteiger partial charge on any atom is 0.342 e. The van der Waals surface area contributed by atoms with Crippen LogP contribution in [0, 0.1) is 17.5 Å². The maximum absolute atomic E-state index is 13.7. The van der Waals surface area contributed by atoms with Gasteiger partial charge in [-0.2, -0.15) is 0 Å². The molecule has 150 valence electrons. The van der Waals surface area contributed by atoms with Crippen LogP contribution in [0.2, 0.25) is 0 Å². The first-order valence-electron chi connectivity index (χ1n) is 8.29. The number of ether oxygens (including phenoxy) is 1. The average Bonchev–Trinajstić information content (AvgIpc) is 2.70. The van der Waals surface area contributed by atoms with Crippen molar-refractivity contribution in [2.24, 2.45) is 0 Å². The van der Waals surface area contributed by atoms with Gasteiger partial charge in [-0.15, -0.1) is 0 Å². The minimum Gasteiger partial charge on any atom is -0.507 e. The lowest BCUT2D eigenvalue weighted by molar-refractivity contribution is -0.123. The Hall–Kier alpha value is -3.75. The molecule has 1 amide bonds. The lowest BCUT2D eigenvalue weighted by Gasteiger charge is -2.15. The molecule has 1 atom stereocenters. The summed E-state index contributed by atoms with van der Waals surface area (Å²) in [6.07, 6.45) is -1.48. The van der Waals surface area contributed by atoms with E-state index < -0.39 is 46.9 Å². The number of anilines is 1. The minimum absolute atomic E-state index is 0.195. The summed E-state index contributed by atoms with van der Waals surface area (Å²) in [7, 11) is 0. The van der Waals surface area contributed by atoms with Crippen LogP contribution >= 0.6 is 0 Å². The zero-order chi connectivity index (χ0) is 21.3. The van der Waals surface area contributed by atoms with Gasteiger partial charge in [0.25, 0.3) is 5.91 Å². The van der Waals surface area contributed by atoms with Crippen molar-refractivity contribution in [1.82, 2.24) is 0 Å². The smallest absolute Gasteiger partial charge is 0.342 e. The van der Waals surface area contributed by atoms with Gasteiger partial charge >= 0.3 is 5.97 Å². The van der Waals surface area contributed by atoms with Crippen LogP contribution in [0.4, 0.5) is 18.9 Å². The molecule has 0 radical (unpaired) electrons. The molecule has 0 spiro atoms. The Bertz CT molecular complexity index is 1130. The van der Waals surface area contributed by atoms with Crippen molar-refractivity contribution >= 4 is 28.3 Å². The summed E-state index contributed by atoms with van der Waals surface area (Å²) in [5, 5.41) is 22.8. The van der Waals surface area contributed by atoms with E-state index in [1.54, 1.807) is 12.1 Å². The number of carbonyl (C=O) groups is 2. The molecule has 0 bridgehead atoms. The van der Waals surface area contributed by atoms with Gasteiger partial charge in [0.1, 0.15) is 17.1 Å². The predicted molar refractivity (Wildman–Crippen MR) is 97.1 cm³/mol. The summed E-state index contributed by atoms with van der Waals surface area (Å²) in [6.45, 7) is 1.16. The Morgan fingerprint density at radius 2 is 1.66 bits per heavy atom. The summed E-state index contributed by atoms with van der Waals surface area (Å²) in [6, 6.07) is 8.65. The molecule has 0 heterocycles. The van der Waals surface area contributed by atoms with Gasteiger partial charge in [-0.05, 0) is 25.1 Å². The highest BCUT2D eigenvalue weighted by atomic mass is 19.2. The summed E-state index contributed by atoms with van der Waals surface area (Å²) in [5.74, 6) is -7.68. The van der Waals surface area contributed by atoms with Gasteiger partial charge < -0.3 is 20.3 Å². The molecular formula is C20H14F3NO5. The van der Waals surface area contributed by atoms with E-state index in [9.17, 15) is 33.0 Å². The van der Waals surface area contributed by atoms with E-state index in [-0.39, 0.29) is 16.7 Å². The van der Waals surface area contributed by atoms with Crippen molar-refractivity contribution in [2.75, 3.05) is 5.32 Å². The van der Waals surface area contributed by atoms with E-state index in [1.807, 2.05) is 5.32 Å². The molecule has 0 aromatic heterocycles. The molecule has 29 heavy (non-hydrogen) atoms. The highest BCUT2D eigenvalue weighted by molar-refractivity contribution is 6.04. The summed E-state index contributed by atoms with van der Waals surface area (Å²) >= 11 is 0. The molecule has 9 heteroatoms. The number of phenolic OH excluding ortho intramolecular Hbond substituents is 2. The van der Waals surface area contributed by atoms with Gasteiger partial charge in [0.05, 0.1) is 5.69 Å². The second-order valence-corrected chi connectivity index (χ2v) is 6.10. The van der Waals surface area contributed by atoms with Gasteiger partial charge in [-0.1, -0.05) is 24.3 Å². The van der Waals surface area contributed by atoms with Gasteiger partial charge in [0.15, 0.2) is 23.6 Å². The van der Waals surface area contributed by atoms with Crippen molar-refractivity contribution in [1.29, 1.82) is 0 Å². The zero-order valence-corrected chi connectivity index (χ0v) is 14.9. The molecule has 0 aliphatic heterocycles. The van der Waals surface area contributed by atoms with E-state index in [0.29, 0.717) is 11.5 Å². The third kappa shape index (κ3) is 3.79. The predicted octanol–water partition coefficient (Wildman–Crippen LogP) is 3.85. The van der Waals surface area contributed by atoms with Gasteiger partial charge in [0, 0.05) is 10.8 Å². The maximum atomic E-state index is 13.7. The number of halogens is 3. The highest BCUT2D eigenvalue weighted by Gasteiger charge is 2.24. The van der Waals surface area contributed by atoms with E-state index >= 15 is 0 Å². The topological polar surface area (TPSA) is 95.9 Å². The van der Waals surface area contributed by atoms with Crippen LogP contribution in [0.1, 0.15) is 17.3 Å². The zero-order valence-electron chi connectivity index (χ0n) is 14.9. The van der Waals surface area contributed by atoms with Gasteiger partial charge in [-0.25, -0.2) is 18.0 Å². The fraction of sp³-hybridized carbons (Fsp3) is 0.100. The Kier molecular flexibility index (Phi) is 5.31. The van der Waals surface area contributed by atoms with Crippen LogP contribution in [0.5, 0.6) is 11.5 Å². The lowest BCUT2D eigenvalue weighted by atomic mass is 10.0. The molecule has 0 aliphatic carbocycles. The largest absolute Gasteiger partial charge is 0.507 e. The number of carbonyl (C=O) groups excluding carboxylic acids is 2. The second-order valence-electron chi connectivity index (χ2n) is 6.10. The third-order valence-corrected chi connectivity index (χ3v) is 4.16. The Labute approximate surface area is 162 Å². The van der Waals surface area contributed by atoms with Crippen molar-refractivity contribution in [3.8, 4) is 11.5 Å². The molecule has 0 fully saturated rings. The molecule has 3 rings (SSSR count). The molecule has 0 aliphatic rings. The van der Waals surface area contributed by atoms with E-state index in [4.69, 9.17) is 4.74 Å². The number of amides is 1. The number of nitrogens with one attached hydrogen (secondary N) is 1. The number of phenols is 2. The first-order chi connectivity index (χ1) is 13.7. The highest BCUT2D eigenvalue weighted by Crippen LogP contribution is 2.35. The molecule has 6 nitrogen and oxygen atoms in total. The summed E-state index contributed by atoms with van der Waals surface area (Å²) in [5.41, 5.74) is -1.03.